The van der Waals surface area contributed by atoms with Gasteiger partial charge in [0, 0.05) is 38.8 Å². The second-order valence-electron chi connectivity index (χ2n) is 7.30. The van der Waals surface area contributed by atoms with E-state index in [0.717, 1.165) is 19.6 Å². The smallest absolute Gasteiger partial charge is 0.228 e. The van der Waals surface area contributed by atoms with Crippen LogP contribution in [-0.4, -0.2) is 47.0 Å². The summed E-state index contributed by atoms with van der Waals surface area (Å²) in [7, 11) is 1.92. The molecule has 134 valence electrons. The Morgan fingerprint density at radius 1 is 1.20 bits per heavy atom. The predicted molar refractivity (Wildman–Crippen MR) is 96.8 cm³/mol. The summed E-state index contributed by atoms with van der Waals surface area (Å²) in [4.78, 5) is 17.0. The van der Waals surface area contributed by atoms with Gasteiger partial charge in [-0.2, -0.15) is 0 Å². The van der Waals surface area contributed by atoms with Crippen molar-refractivity contribution < 1.29 is 9.32 Å². The molecule has 5 heteroatoms. The summed E-state index contributed by atoms with van der Waals surface area (Å²) < 4.78 is 4.83. The third kappa shape index (κ3) is 4.28. The van der Waals surface area contributed by atoms with Crippen LogP contribution in [0.3, 0.4) is 0 Å². The zero-order valence-corrected chi connectivity index (χ0v) is 15.3. The molecule has 2 heterocycles. The monoisotopic (exact) mass is 341 g/mol. The molecular formula is C20H27N3O2. The van der Waals surface area contributed by atoms with Crippen molar-refractivity contribution >= 4 is 5.91 Å². The maximum absolute atomic E-state index is 12.6. The molecule has 1 fully saturated rings. The molecule has 0 radical (unpaired) electrons. The number of amides is 1. The quantitative estimate of drug-likeness (QED) is 0.839. The molecule has 1 saturated heterocycles. The Balaban J connectivity index is 1.60. The van der Waals surface area contributed by atoms with Crippen molar-refractivity contribution in [3.63, 3.8) is 0 Å². The van der Waals surface area contributed by atoms with Crippen LogP contribution in [0.2, 0.25) is 0 Å². The molecule has 0 spiro atoms. The van der Waals surface area contributed by atoms with Gasteiger partial charge >= 0.3 is 0 Å². The lowest BCUT2D eigenvalue weighted by atomic mass is 9.84. The van der Waals surface area contributed by atoms with Crippen molar-refractivity contribution in [3.8, 4) is 0 Å². The summed E-state index contributed by atoms with van der Waals surface area (Å²) in [5.41, 5.74) is 2.04. The molecule has 2 aromatic rings. The molecule has 1 aromatic carbocycles. The molecule has 0 unspecified atom stereocenters. The van der Waals surface area contributed by atoms with E-state index in [1.807, 2.05) is 11.9 Å². The molecular weight excluding hydrogens is 314 g/mol. The second-order valence-corrected chi connectivity index (χ2v) is 7.30. The molecule has 1 amide bonds. The van der Waals surface area contributed by atoms with Gasteiger partial charge in [0.05, 0.1) is 12.1 Å². The van der Waals surface area contributed by atoms with Crippen molar-refractivity contribution in [1.82, 2.24) is 15.0 Å². The van der Waals surface area contributed by atoms with Gasteiger partial charge in [0.1, 0.15) is 6.26 Å². The third-order valence-electron chi connectivity index (χ3n) is 5.17. The van der Waals surface area contributed by atoms with E-state index in [9.17, 15) is 4.79 Å². The molecule has 0 bridgehead atoms. The normalized spacial score (nSPS) is 22.0. The molecule has 1 aliphatic rings. The number of carbonyl (C=O) groups excluding carboxylic acids is 1. The summed E-state index contributed by atoms with van der Waals surface area (Å²) in [6, 6.07) is 12.6. The van der Waals surface area contributed by atoms with Crippen molar-refractivity contribution in [1.29, 1.82) is 0 Å². The maximum atomic E-state index is 12.6. The van der Waals surface area contributed by atoms with Crippen LogP contribution in [0.1, 0.15) is 25.1 Å². The first-order valence-electron chi connectivity index (χ1n) is 8.95. The minimum atomic E-state index is 0.106. The third-order valence-corrected chi connectivity index (χ3v) is 5.17. The predicted octanol–water partition coefficient (Wildman–Crippen LogP) is 2.83. The van der Waals surface area contributed by atoms with Gasteiger partial charge in [0.15, 0.2) is 0 Å². The number of aromatic nitrogens is 1. The Hall–Kier alpha value is -2.14. The highest BCUT2D eigenvalue weighted by atomic mass is 16.5. The number of rotatable bonds is 5. The highest BCUT2D eigenvalue weighted by Crippen LogP contribution is 2.27. The molecule has 0 saturated carbocycles. The van der Waals surface area contributed by atoms with E-state index in [-0.39, 0.29) is 11.9 Å². The zero-order valence-electron chi connectivity index (χ0n) is 15.3. The fraction of sp³-hybridized carbons (Fsp3) is 0.500. The van der Waals surface area contributed by atoms with Crippen molar-refractivity contribution in [2.24, 2.45) is 11.8 Å². The number of benzene rings is 1. The van der Waals surface area contributed by atoms with E-state index in [2.05, 4.69) is 54.2 Å². The lowest BCUT2D eigenvalue weighted by Gasteiger charge is -2.45. The summed E-state index contributed by atoms with van der Waals surface area (Å²) in [6.07, 6.45) is 1.81. The second kappa shape index (κ2) is 7.83. The van der Waals surface area contributed by atoms with Gasteiger partial charge in [0.25, 0.3) is 0 Å². The number of likely N-dealkylation sites (N-methyl/N-ethyl adjacent to an activating group) is 1. The summed E-state index contributed by atoms with van der Waals surface area (Å²) in [6.45, 7) is 7.48. The van der Waals surface area contributed by atoms with Crippen LogP contribution in [-0.2, 0) is 17.8 Å². The number of likely N-dealkylation sites (tertiary alicyclic amines) is 1. The molecule has 0 N–H and O–H groups in total. The van der Waals surface area contributed by atoms with Crippen LogP contribution in [0, 0.1) is 11.8 Å². The molecule has 25 heavy (non-hydrogen) atoms. The molecule has 0 aliphatic carbocycles. The lowest BCUT2D eigenvalue weighted by molar-refractivity contribution is -0.135. The lowest BCUT2D eigenvalue weighted by Crippen LogP contribution is -2.55. The summed E-state index contributed by atoms with van der Waals surface area (Å²) >= 11 is 0. The Kier molecular flexibility index (Phi) is 5.53. The molecule has 2 atom stereocenters. The topological polar surface area (TPSA) is 49.6 Å². The highest BCUT2D eigenvalue weighted by Gasteiger charge is 2.36. The highest BCUT2D eigenvalue weighted by molar-refractivity contribution is 5.78. The van der Waals surface area contributed by atoms with Gasteiger partial charge < -0.3 is 9.42 Å². The molecule has 1 aliphatic heterocycles. The van der Waals surface area contributed by atoms with E-state index in [0.29, 0.717) is 24.0 Å². The summed E-state index contributed by atoms with van der Waals surface area (Å²) in [5, 5.41) is 3.85. The molecule has 3 rings (SSSR count). The average molecular weight is 341 g/mol. The SMILES string of the molecule is C[C@@H]1CN(Cc2ccccc2)C[C@@H](C)C1N(C)C(=O)Cc1ccon1. The van der Waals surface area contributed by atoms with E-state index >= 15 is 0 Å². The van der Waals surface area contributed by atoms with Crippen LogP contribution in [0.25, 0.3) is 0 Å². The molecule has 5 nitrogen and oxygen atoms in total. The van der Waals surface area contributed by atoms with Gasteiger partial charge in [-0.25, -0.2) is 0 Å². The number of piperidine rings is 1. The van der Waals surface area contributed by atoms with Crippen LogP contribution >= 0.6 is 0 Å². The first-order valence-corrected chi connectivity index (χ1v) is 8.95. The van der Waals surface area contributed by atoms with Gasteiger partial charge in [-0.1, -0.05) is 49.3 Å². The minimum Gasteiger partial charge on any atom is -0.364 e. The van der Waals surface area contributed by atoms with Crippen molar-refractivity contribution in [2.75, 3.05) is 20.1 Å². The zero-order chi connectivity index (χ0) is 17.8. The number of carbonyl (C=O) groups is 1. The fourth-order valence-electron chi connectivity index (χ4n) is 4.17. The van der Waals surface area contributed by atoms with Gasteiger partial charge in [-0.05, 0) is 17.4 Å². The molecule has 1 aromatic heterocycles. The number of hydrogen-bond acceptors (Lipinski definition) is 4. The van der Waals surface area contributed by atoms with Gasteiger partial charge in [-0.3, -0.25) is 9.69 Å². The Labute approximate surface area is 149 Å². The van der Waals surface area contributed by atoms with E-state index in [1.165, 1.54) is 11.8 Å². The first kappa shape index (κ1) is 17.7. The van der Waals surface area contributed by atoms with Crippen LogP contribution in [0.5, 0.6) is 0 Å². The van der Waals surface area contributed by atoms with Crippen LogP contribution in [0.4, 0.5) is 0 Å². The van der Waals surface area contributed by atoms with Crippen LogP contribution in [0.15, 0.2) is 47.2 Å². The number of nitrogens with zero attached hydrogens (tertiary/aromatic N) is 3. The largest absolute Gasteiger partial charge is 0.364 e. The fourth-order valence-corrected chi connectivity index (χ4v) is 4.17. The first-order chi connectivity index (χ1) is 12.0. The van der Waals surface area contributed by atoms with Crippen molar-refractivity contribution in [3.05, 3.63) is 53.9 Å². The van der Waals surface area contributed by atoms with E-state index in [1.54, 1.807) is 6.07 Å². The van der Waals surface area contributed by atoms with Gasteiger partial charge in [-0.15, -0.1) is 0 Å². The maximum Gasteiger partial charge on any atom is 0.228 e. The van der Waals surface area contributed by atoms with Crippen LogP contribution < -0.4 is 0 Å². The van der Waals surface area contributed by atoms with E-state index in [4.69, 9.17) is 4.52 Å². The average Bonchev–Trinajstić information content (AvgIpc) is 3.08. The Bertz CT molecular complexity index is 660. The van der Waals surface area contributed by atoms with Crippen molar-refractivity contribution in [2.45, 2.75) is 32.9 Å². The minimum absolute atomic E-state index is 0.106. The number of hydrogen-bond donors (Lipinski definition) is 0. The standard InChI is InChI=1S/C20H27N3O2/c1-15-12-23(14-17-7-5-4-6-8-17)13-16(2)20(15)22(3)19(24)11-18-9-10-25-21-18/h4-10,15-16,20H,11-14H2,1-3H3/t15-,16-/m1/s1. The Morgan fingerprint density at radius 3 is 2.48 bits per heavy atom. The van der Waals surface area contributed by atoms with E-state index < -0.39 is 0 Å². The Morgan fingerprint density at radius 2 is 1.88 bits per heavy atom. The summed E-state index contributed by atoms with van der Waals surface area (Å²) in [5.74, 6) is 0.964. The van der Waals surface area contributed by atoms with Gasteiger partial charge in [0.2, 0.25) is 5.91 Å².